The number of aromatic nitrogens is 1. The number of ether oxygens (including phenoxy) is 4. The minimum atomic E-state index is 0.237. The number of rotatable bonds is 37. The van der Waals surface area contributed by atoms with Gasteiger partial charge in [-0.2, -0.15) is 0 Å². The predicted octanol–water partition coefficient (Wildman–Crippen LogP) is 17.8. The largest absolute Gasteiger partial charge is 0.494 e. The van der Waals surface area contributed by atoms with E-state index in [4.69, 9.17) is 23.9 Å². The highest BCUT2D eigenvalue weighted by Crippen LogP contribution is 2.59. The number of H-pyrrole nitrogens is 1. The van der Waals surface area contributed by atoms with Gasteiger partial charge in [0.25, 0.3) is 0 Å². The highest BCUT2D eigenvalue weighted by atomic mass is 16.5. The van der Waals surface area contributed by atoms with Gasteiger partial charge in [0.2, 0.25) is 0 Å². The SMILES string of the molecule is CCCCCCCCCCCOc1ccc(/C2=c3\cc/c([nH]3)=C(\c3ccc(OCCCCCN(C)C)cc3)C3=CCC(C)/C(=C(/c4ccc(OCCCCC[N+](C)(C)C)cc4)C4=CC=C(/C(c5ccc(OCCCCCCNC)cc5)=C5/C=CC2=N5)C2C[C@@H]42)C=C3)cc1. The zero-order chi connectivity index (χ0) is 64.8. The normalized spacial score (nSPS) is 20.4. The second-order valence-corrected chi connectivity index (χ2v) is 28.1. The third kappa shape index (κ3) is 19.7. The zero-order valence-electron chi connectivity index (χ0n) is 57.9. The predicted molar refractivity (Wildman–Crippen MR) is 391 cm³/mol. The molecular formula is C84H110N5O4+. The van der Waals surface area contributed by atoms with Crippen LogP contribution in [0.1, 0.15) is 171 Å². The van der Waals surface area contributed by atoms with Gasteiger partial charge in [-0.25, -0.2) is 4.99 Å². The molecule has 0 radical (unpaired) electrons. The molecule has 494 valence electrons. The molecule has 2 N–H and O–H groups in total. The third-order valence-electron chi connectivity index (χ3n) is 19.2. The molecule has 8 bridgehead atoms. The molecule has 5 aromatic rings. The minimum Gasteiger partial charge on any atom is -0.494 e. The maximum atomic E-state index is 6.44. The number of aromatic amines is 1. The standard InChI is InChI=1S/C84H110N5O4/c1-9-10-11-12-13-14-15-17-24-57-90-71-45-36-67(37-46-71)84-79-52-50-77(86-79)81(64-30-39-68(40-31-64)92-59-26-19-22-55-88(4)5)63-29-28-62(2)72(47-38-63)82(65-32-41-69(42-33-65)93-60-27-20-23-56-89(6,7)8)73-48-49-74(76-61-75(73)76)83(78-51-53-80(84)87-78)66-34-43-70(44-35-66)91-58-25-18-16-21-54-85-3/h29-53,62,75-76,85-86H,9-28,54-61H2,1-8H3/q+1/b81-77+,82-72-,83-78-,84-79-/t62?,75-,76?/m0/s1. The van der Waals surface area contributed by atoms with Crippen molar-refractivity contribution in [2.24, 2.45) is 22.7 Å². The smallest absolute Gasteiger partial charge is 0.119 e. The van der Waals surface area contributed by atoms with Gasteiger partial charge in [0.05, 0.1) is 65.5 Å². The summed E-state index contributed by atoms with van der Waals surface area (Å²) in [6.07, 6.45) is 41.7. The van der Waals surface area contributed by atoms with Crippen LogP contribution in [-0.4, -0.2) is 108 Å². The highest BCUT2D eigenvalue weighted by molar-refractivity contribution is 6.30. The third-order valence-corrected chi connectivity index (χ3v) is 19.2. The van der Waals surface area contributed by atoms with Crippen molar-refractivity contribution < 1.29 is 23.4 Å². The van der Waals surface area contributed by atoms with E-state index in [9.17, 15) is 0 Å². The quantitative estimate of drug-likeness (QED) is 0.0305. The lowest BCUT2D eigenvalue weighted by Gasteiger charge is -2.24. The van der Waals surface area contributed by atoms with Gasteiger partial charge in [0.1, 0.15) is 23.0 Å². The molecule has 4 aromatic carbocycles. The first-order valence-electron chi connectivity index (χ1n) is 36.0. The molecule has 2 unspecified atom stereocenters. The summed E-state index contributed by atoms with van der Waals surface area (Å²) in [6.45, 7) is 10.9. The molecule has 1 aromatic heterocycles. The Morgan fingerprint density at radius 1 is 0.495 bits per heavy atom. The van der Waals surface area contributed by atoms with Crippen LogP contribution in [-0.2, 0) is 0 Å². The van der Waals surface area contributed by atoms with E-state index >= 15 is 0 Å². The zero-order valence-corrected chi connectivity index (χ0v) is 57.9. The molecule has 6 aliphatic rings. The number of nitrogens with zero attached hydrogens (tertiary/aromatic N) is 3. The molecule has 0 amide bonds. The number of fused-ring (bicyclic) bond motifs is 1. The van der Waals surface area contributed by atoms with Crippen molar-refractivity contribution in [2.45, 2.75) is 149 Å². The van der Waals surface area contributed by atoms with Crippen LogP contribution in [0.5, 0.6) is 23.0 Å². The average Bonchev–Trinajstić information content (AvgIpc) is 1.59. The van der Waals surface area contributed by atoms with Crippen molar-refractivity contribution in [3.05, 3.63) is 213 Å². The lowest BCUT2D eigenvalue weighted by Crippen LogP contribution is -2.35. The van der Waals surface area contributed by atoms with Crippen LogP contribution < -0.4 is 35.0 Å². The summed E-state index contributed by atoms with van der Waals surface area (Å²) >= 11 is 0. The molecule has 1 fully saturated rings. The van der Waals surface area contributed by atoms with Gasteiger partial charge in [-0.05, 0) is 246 Å². The first-order chi connectivity index (χ1) is 45.4. The van der Waals surface area contributed by atoms with Crippen LogP contribution in [0.4, 0.5) is 0 Å². The number of aliphatic imine (C=N–C) groups is 1. The van der Waals surface area contributed by atoms with Gasteiger partial charge in [0, 0.05) is 27.4 Å². The number of allylic oxidation sites excluding steroid dienone is 13. The lowest BCUT2D eigenvalue weighted by molar-refractivity contribution is -0.870. The monoisotopic (exact) mass is 1250 g/mol. The van der Waals surface area contributed by atoms with Crippen LogP contribution in [0.3, 0.4) is 0 Å². The van der Waals surface area contributed by atoms with E-state index in [-0.39, 0.29) is 5.92 Å². The van der Waals surface area contributed by atoms with Crippen molar-refractivity contribution in [2.75, 3.05) is 88.3 Å². The Morgan fingerprint density at radius 3 is 1.46 bits per heavy atom. The molecule has 4 heterocycles. The van der Waals surface area contributed by atoms with E-state index in [2.05, 4.69) is 216 Å². The van der Waals surface area contributed by atoms with Gasteiger partial charge in [-0.3, -0.25) is 0 Å². The Morgan fingerprint density at radius 2 is 0.946 bits per heavy atom. The highest BCUT2D eigenvalue weighted by Gasteiger charge is 2.47. The summed E-state index contributed by atoms with van der Waals surface area (Å²) in [5.41, 5.74) is 16.5. The summed E-state index contributed by atoms with van der Waals surface area (Å²) in [5, 5.41) is 5.32. The van der Waals surface area contributed by atoms with Crippen LogP contribution >= 0.6 is 0 Å². The number of benzene rings is 4. The van der Waals surface area contributed by atoms with Crippen LogP contribution in [0.2, 0.25) is 0 Å². The fraction of sp³-hybridized carbons (Fsp3) is 0.464. The molecule has 93 heavy (non-hydrogen) atoms. The fourth-order valence-electron chi connectivity index (χ4n) is 13.8. The van der Waals surface area contributed by atoms with Gasteiger partial charge >= 0.3 is 0 Å². The Kier molecular flexibility index (Phi) is 25.7. The van der Waals surface area contributed by atoms with Crippen LogP contribution in [0.15, 0.2) is 185 Å². The van der Waals surface area contributed by atoms with Crippen LogP contribution in [0, 0.1) is 17.8 Å². The number of quaternary nitrogens is 1. The molecule has 9 nitrogen and oxygen atoms in total. The van der Waals surface area contributed by atoms with Crippen molar-refractivity contribution in [1.29, 1.82) is 0 Å². The fourth-order valence-corrected chi connectivity index (χ4v) is 13.8. The van der Waals surface area contributed by atoms with Gasteiger partial charge in [-0.15, -0.1) is 0 Å². The number of unbranched alkanes of at least 4 members (excludes halogenated alkanes) is 15. The van der Waals surface area contributed by atoms with Crippen molar-refractivity contribution in [3.63, 3.8) is 0 Å². The van der Waals surface area contributed by atoms with Gasteiger partial charge in [-0.1, -0.05) is 157 Å². The van der Waals surface area contributed by atoms with Crippen molar-refractivity contribution in [3.8, 4) is 23.0 Å². The Balaban J connectivity index is 1.06. The second-order valence-electron chi connectivity index (χ2n) is 28.1. The molecule has 0 spiro atoms. The first-order valence-corrected chi connectivity index (χ1v) is 36.0. The summed E-state index contributed by atoms with van der Waals surface area (Å²) in [5.74, 6) is 4.55. The molecule has 3 aliphatic carbocycles. The van der Waals surface area contributed by atoms with Crippen LogP contribution in [0.25, 0.3) is 22.3 Å². The molecule has 3 aliphatic heterocycles. The summed E-state index contributed by atoms with van der Waals surface area (Å²) in [4.78, 5) is 12.1. The van der Waals surface area contributed by atoms with E-state index in [0.29, 0.717) is 25.0 Å². The van der Waals surface area contributed by atoms with E-state index in [0.717, 1.165) is 149 Å². The summed E-state index contributed by atoms with van der Waals surface area (Å²) in [6, 6.07) is 40.0. The van der Waals surface area contributed by atoms with E-state index in [1.165, 1.54) is 135 Å². The Hall–Kier alpha value is -7.17. The molecule has 3 atom stereocenters. The molecule has 0 saturated heterocycles. The first kappa shape index (κ1) is 68.7. The van der Waals surface area contributed by atoms with Gasteiger partial charge < -0.3 is 38.6 Å². The lowest BCUT2D eigenvalue weighted by atomic mass is 9.80. The summed E-state index contributed by atoms with van der Waals surface area (Å²) in [7, 11) is 13.1. The molecular weight excluding hydrogens is 1140 g/mol. The maximum Gasteiger partial charge on any atom is 0.119 e. The van der Waals surface area contributed by atoms with E-state index in [1.807, 2.05) is 7.05 Å². The minimum absolute atomic E-state index is 0.237. The number of hydrogen-bond acceptors (Lipinski definition) is 7. The Labute approximate surface area is 559 Å². The van der Waals surface area contributed by atoms with E-state index in [1.54, 1.807) is 0 Å². The van der Waals surface area contributed by atoms with E-state index < -0.39 is 0 Å². The van der Waals surface area contributed by atoms with Gasteiger partial charge in [0.15, 0.2) is 0 Å². The molecule has 1 saturated carbocycles. The molecule has 11 rings (SSSR count). The Bertz CT molecular complexity index is 3600. The summed E-state index contributed by atoms with van der Waals surface area (Å²) < 4.78 is 26.7. The molecule has 9 heteroatoms. The van der Waals surface area contributed by atoms with Crippen molar-refractivity contribution >= 4 is 28.0 Å². The topological polar surface area (TPSA) is 80.3 Å². The second kappa shape index (κ2) is 34.8. The maximum absolute atomic E-state index is 6.44. The number of nitrogens with one attached hydrogen (secondary N) is 2. The van der Waals surface area contributed by atoms with Crippen molar-refractivity contribution in [1.82, 2.24) is 15.2 Å². The number of hydrogen-bond donors (Lipinski definition) is 2. The average molecular weight is 1250 g/mol.